The number of benzene rings is 2. The van der Waals surface area contributed by atoms with Gasteiger partial charge in [-0.15, -0.1) is 0 Å². The molecule has 0 atom stereocenters. The van der Waals surface area contributed by atoms with E-state index in [1.54, 1.807) is 0 Å². The summed E-state index contributed by atoms with van der Waals surface area (Å²) in [6.45, 7) is 0.552. The lowest BCUT2D eigenvalue weighted by molar-refractivity contribution is 0.284. The molecule has 3 N–H and O–H groups in total. The molecule has 3 nitrogen and oxygen atoms in total. The Morgan fingerprint density at radius 2 is 1.95 bits per heavy atom. The van der Waals surface area contributed by atoms with Crippen molar-refractivity contribution in [3.8, 4) is 5.75 Å². The zero-order valence-electron chi connectivity index (χ0n) is 11.1. The van der Waals surface area contributed by atoms with Crippen LogP contribution in [0.1, 0.15) is 16.7 Å². The van der Waals surface area contributed by atoms with E-state index in [2.05, 4.69) is 0 Å². The summed E-state index contributed by atoms with van der Waals surface area (Å²) in [5.74, 6) is 0.794. The number of aliphatic hydroxyl groups excluding tert-OH is 1. The van der Waals surface area contributed by atoms with Crippen molar-refractivity contribution in [3.63, 3.8) is 0 Å². The van der Waals surface area contributed by atoms with E-state index < -0.39 is 0 Å². The standard InChI is InChI=1S/C16H17NO2S/c17-16(20)14-6-3-4-12(10-14)11-19-15-7-2-1-5-13(15)8-9-18/h1-7,10,18H,8-9,11H2,(H2,17,20). The van der Waals surface area contributed by atoms with Gasteiger partial charge < -0.3 is 15.6 Å². The van der Waals surface area contributed by atoms with E-state index in [4.69, 9.17) is 27.8 Å². The SMILES string of the molecule is NC(=S)c1cccc(COc2ccccc2CCO)c1. The molecule has 0 bridgehead atoms. The summed E-state index contributed by atoms with van der Waals surface area (Å²) in [7, 11) is 0. The number of thiocarbonyl (C=S) groups is 1. The monoisotopic (exact) mass is 287 g/mol. The lowest BCUT2D eigenvalue weighted by Crippen LogP contribution is -2.10. The minimum Gasteiger partial charge on any atom is -0.489 e. The van der Waals surface area contributed by atoms with E-state index in [0.29, 0.717) is 18.0 Å². The summed E-state index contributed by atoms with van der Waals surface area (Å²) in [5, 5.41) is 9.04. The number of hydrogen-bond acceptors (Lipinski definition) is 3. The van der Waals surface area contributed by atoms with Crippen LogP contribution in [0.25, 0.3) is 0 Å². The highest BCUT2D eigenvalue weighted by Gasteiger charge is 2.04. The second-order valence-electron chi connectivity index (χ2n) is 4.43. The number of hydrogen-bond donors (Lipinski definition) is 2. The molecule has 4 heteroatoms. The first-order valence-electron chi connectivity index (χ1n) is 6.41. The van der Waals surface area contributed by atoms with Crippen LogP contribution in [0.3, 0.4) is 0 Å². The Bertz CT molecular complexity index is 599. The fourth-order valence-electron chi connectivity index (χ4n) is 1.95. The van der Waals surface area contributed by atoms with E-state index in [0.717, 1.165) is 22.4 Å². The van der Waals surface area contributed by atoms with Crippen molar-refractivity contribution >= 4 is 17.2 Å². The van der Waals surface area contributed by atoms with Gasteiger partial charge in [-0.3, -0.25) is 0 Å². The highest BCUT2D eigenvalue weighted by atomic mass is 32.1. The van der Waals surface area contributed by atoms with Crippen molar-refractivity contribution in [1.82, 2.24) is 0 Å². The number of rotatable bonds is 6. The number of para-hydroxylation sites is 1. The smallest absolute Gasteiger partial charge is 0.123 e. The molecule has 0 aliphatic rings. The second kappa shape index (κ2) is 7.03. The van der Waals surface area contributed by atoms with Crippen LogP contribution in [0.2, 0.25) is 0 Å². The van der Waals surface area contributed by atoms with Crippen LogP contribution in [-0.4, -0.2) is 16.7 Å². The molecular formula is C16H17NO2S. The van der Waals surface area contributed by atoms with E-state index in [9.17, 15) is 0 Å². The average Bonchev–Trinajstić information content (AvgIpc) is 2.47. The number of aliphatic hydroxyl groups is 1. The van der Waals surface area contributed by atoms with Crippen LogP contribution in [0.5, 0.6) is 5.75 Å². The van der Waals surface area contributed by atoms with Crippen molar-refractivity contribution in [2.45, 2.75) is 13.0 Å². The lowest BCUT2D eigenvalue weighted by atomic mass is 10.1. The highest BCUT2D eigenvalue weighted by Crippen LogP contribution is 2.20. The predicted molar refractivity (Wildman–Crippen MR) is 83.9 cm³/mol. The molecule has 0 amide bonds. The predicted octanol–water partition coefficient (Wildman–Crippen LogP) is 2.43. The Morgan fingerprint density at radius 3 is 2.70 bits per heavy atom. The fraction of sp³-hybridized carbons (Fsp3) is 0.188. The van der Waals surface area contributed by atoms with E-state index in [1.165, 1.54) is 0 Å². The first-order valence-corrected chi connectivity index (χ1v) is 6.82. The molecule has 0 fully saturated rings. The minimum atomic E-state index is 0.108. The van der Waals surface area contributed by atoms with Gasteiger partial charge in [-0.05, 0) is 29.7 Å². The number of nitrogens with two attached hydrogens (primary N) is 1. The van der Waals surface area contributed by atoms with Crippen LogP contribution in [0.4, 0.5) is 0 Å². The largest absolute Gasteiger partial charge is 0.489 e. The molecule has 104 valence electrons. The molecule has 0 saturated heterocycles. The van der Waals surface area contributed by atoms with Crippen LogP contribution in [0, 0.1) is 0 Å². The molecule has 2 rings (SSSR count). The van der Waals surface area contributed by atoms with Gasteiger partial charge in [-0.2, -0.15) is 0 Å². The summed E-state index contributed by atoms with van der Waals surface area (Å²) in [5.41, 5.74) is 8.46. The Labute approximate surface area is 124 Å². The Hall–Kier alpha value is -1.91. The van der Waals surface area contributed by atoms with Gasteiger partial charge in [0.25, 0.3) is 0 Å². The van der Waals surface area contributed by atoms with E-state index in [-0.39, 0.29) is 6.61 Å². The molecule has 0 saturated carbocycles. The zero-order chi connectivity index (χ0) is 14.4. The van der Waals surface area contributed by atoms with E-state index >= 15 is 0 Å². The molecule has 2 aromatic rings. The van der Waals surface area contributed by atoms with Crippen molar-refractivity contribution in [2.75, 3.05) is 6.61 Å². The third kappa shape index (κ3) is 3.79. The highest BCUT2D eigenvalue weighted by molar-refractivity contribution is 7.80. The van der Waals surface area contributed by atoms with Gasteiger partial charge in [-0.25, -0.2) is 0 Å². The molecule has 0 unspecified atom stereocenters. The second-order valence-corrected chi connectivity index (χ2v) is 4.87. The summed E-state index contributed by atoms with van der Waals surface area (Å²) in [4.78, 5) is 0.382. The van der Waals surface area contributed by atoms with Crippen LogP contribution < -0.4 is 10.5 Å². The Kier molecular flexibility index (Phi) is 5.09. The molecule has 2 aromatic carbocycles. The fourth-order valence-corrected chi connectivity index (χ4v) is 2.07. The summed E-state index contributed by atoms with van der Waals surface area (Å²) < 4.78 is 5.82. The average molecular weight is 287 g/mol. The molecule has 0 aliphatic carbocycles. The van der Waals surface area contributed by atoms with Crippen LogP contribution in [-0.2, 0) is 13.0 Å². The van der Waals surface area contributed by atoms with Gasteiger partial charge in [0.1, 0.15) is 17.3 Å². The third-order valence-electron chi connectivity index (χ3n) is 2.96. The maximum atomic E-state index is 9.04. The normalized spacial score (nSPS) is 10.2. The molecule has 0 spiro atoms. The topological polar surface area (TPSA) is 55.5 Å². The summed E-state index contributed by atoms with van der Waals surface area (Å²) in [6, 6.07) is 15.4. The Morgan fingerprint density at radius 1 is 1.15 bits per heavy atom. The van der Waals surface area contributed by atoms with Gasteiger partial charge in [0, 0.05) is 12.2 Å². The van der Waals surface area contributed by atoms with Gasteiger partial charge in [-0.1, -0.05) is 48.6 Å². The molecular weight excluding hydrogens is 270 g/mol. The maximum Gasteiger partial charge on any atom is 0.123 e. The summed E-state index contributed by atoms with van der Waals surface area (Å²) >= 11 is 4.96. The van der Waals surface area contributed by atoms with E-state index in [1.807, 2.05) is 48.5 Å². The maximum absolute atomic E-state index is 9.04. The Balaban J connectivity index is 2.09. The van der Waals surface area contributed by atoms with Crippen molar-refractivity contribution in [3.05, 3.63) is 65.2 Å². The minimum absolute atomic E-state index is 0.108. The van der Waals surface area contributed by atoms with Crippen molar-refractivity contribution in [1.29, 1.82) is 0 Å². The van der Waals surface area contributed by atoms with Crippen LogP contribution >= 0.6 is 12.2 Å². The number of ether oxygens (including phenoxy) is 1. The van der Waals surface area contributed by atoms with Crippen molar-refractivity contribution in [2.24, 2.45) is 5.73 Å². The first-order chi connectivity index (χ1) is 9.70. The zero-order valence-corrected chi connectivity index (χ0v) is 11.9. The molecule has 0 radical (unpaired) electrons. The first kappa shape index (κ1) is 14.5. The third-order valence-corrected chi connectivity index (χ3v) is 3.20. The van der Waals surface area contributed by atoms with Gasteiger partial charge in [0.2, 0.25) is 0 Å². The van der Waals surface area contributed by atoms with Crippen molar-refractivity contribution < 1.29 is 9.84 Å². The summed E-state index contributed by atoms with van der Waals surface area (Å²) in [6.07, 6.45) is 0.586. The molecule has 0 heterocycles. The quantitative estimate of drug-likeness (QED) is 0.801. The molecule has 0 aromatic heterocycles. The van der Waals surface area contributed by atoms with Crippen LogP contribution in [0.15, 0.2) is 48.5 Å². The van der Waals surface area contributed by atoms with Gasteiger partial charge in [0.05, 0.1) is 0 Å². The lowest BCUT2D eigenvalue weighted by Gasteiger charge is -2.11. The molecule has 20 heavy (non-hydrogen) atoms. The van der Waals surface area contributed by atoms with Gasteiger partial charge >= 0.3 is 0 Å². The molecule has 0 aliphatic heterocycles. The van der Waals surface area contributed by atoms with Gasteiger partial charge in [0.15, 0.2) is 0 Å².